The van der Waals surface area contributed by atoms with Crippen LogP contribution in [0.25, 0.3) is 0 Å². The Balaban J connectivity index is 1.93. The van der Waals surface area contributed by atoms with E-state index in [0.29, 0.717) is 5.92 Å². The van der Waals surface area contributed by atoms with Gasteiger partial charge in [0.1, 0.15) is 0 Å². The summed E-state index contributed by atoms with van der Waals surface area (Å²) in [6, 6.07) is 4.24. The van der Waals surface area contributed by atoms with Crippen LogP contribution in [0, 0.1) is 5.92 Å². The van der Waals surface area contributed by atoms with E-state index in [-0.39, 0.29) is 5.92 Å². The van der Waals surface area contributed by atoms with Gasteiger partial charge in [0.05, 0.1) is 5.92 Å². The Bertz CT molecular complexity index is 297. The highest BCUT2D eigenvalue weighted by atomic mass is 32.1. The van der Waals surface area contributed by atoms with Crippen LogP contribution in [-0.4, -0.2) is 11.1 Å². The number of rotatable bonds is 2. The largest absolute Gasteiger partial charge is 0.481 e. The first-order valence-corrected chi connectivity index (χ1v) is 5.91. The molecule has 2 nitrogen and oxygen atoms in total. The number of carbonyl (C=O) groups is 1. The quantitative estimate of drug-likeness (QED) is 0.814. The summed E-state index contributed by atoms with van der Waals surface area (Å²) >= 11 is 1.79. The number of carboxylic acid groups (broad SMARTS) is 1. The molecule has 1 heterocycles. The van der Waals surface area contributed by atoms with Crippen LogP contribution in [-0.2, 0) is 4.79 Å². The van der Waals surface area contributed by atoms with Crippen LogP contribution in [0.3, 0.4) is 0 Å². The third-order valence-corrected chi connectivity index (χ3v) is 4.06. The van der Waals surface area contributed by atoms with Crippen molar-refractivity contribution in [3.05, 3.63) is 22.4 Å². The van der Waals surface area contributed by atoms with Gasteiger partial charge in [-0.2, -0.15) is 0 Å². The molecule has 0 saturated heterocycles. The van der Waals surface area contributed by atoms with E-state index in [2.05, 4.69) is 17.5 Å². The fraction of sp³-hybridized carbons (Fsp3) is 0.545. The second kappa shape index (κ2) is 4.13. The molecule has 0 aliphatic heterocycles. The first-order chi connectivity index (χ1) is 6.77. The molecule has 1 aromatic rings. The Hall–Kier alpha value is -0.830. The van der Waals surface area contributed by atoms with Gasteiger partial charge in [0.15, 0.2) is 0 Å². The molecule has 14 heavy (non-hydrogen) atoms. The Morgan fingerprint density at radius 2 is 2.07 bits per heavy atom. The zero-order valence-corrected chi connectivity index (χ0v) is 8.80. The Kier molecular flexibility index (Phi) is 2.87. The number of hydrogen-bond donors (Lipinski definition) is 1. The molecular formula is C11H14O2S. The van der Waals surface area contributed by atoms with Crippen LogP contribution in [0.1, 0.15) is 36.5 Å². The molecule has 3 heteroatoms. The van der Waals surface area contributed by atoms with Gasteiger partial charge >= 0.3 is 5.97 Å². The van der Waals surface area contributed by atoms with Gasteiger partial charge in [-0.05, 0) is 43.0 Å². The third kappa shape index (κ3) is 1.98. The minimum atomic E-state index is -0.616. The van der Waals surface area contributed by atoms with Crippen molar-refractivity contribution in [2.75, 3.05) is 0 Å². The first kappa shape index (κ1) is 9.71. The maximum absolute atomic E-state index is 10.8. The van der Waals surface area contributed by atoms with Crippen molar-refractivity contribution < 1.29 is 9.90 Å². The normalized spacial score (nSPS) is 27.4. The first-order valence-electron chi connectivity index (χ1n) is 5.03. The van der Waals surface area contributed by atoms with Gasteiger partial charge in [0.2, 0.25) is 0 Å². The minimum absolute atomic E-state index is 0.0915. The summed E-state index contributed by atoms with van der Waals surface area (Å²) < 4.78 is 0. The monoisotopic (exact) mass is 210 g/mol. The summed E-state index contributed by atoms with van der Waals surface area (Å²) in [6.45, 7) is 0. The van der Waals surface area contributed by atoms with Crippen molar-refractivity contribution >= 4 is 17.3 Å². The predicted molar refractivity (Wildman–Crippen MR) is 56.7 cm³/mol. The van der Waals surface area contributed by atoms with Gasteiger partial charge in [0, 0.05) is 4.88 Å². The molecule has 0 aromatic carbocycles. The van der Waals surface area contributed by atoms with E-state index in [1.54, 1.807) is 11.3 Å². The van der Waals surface area contributed by atoms with Crippen molar-refractivity contribution in [1.29, 1.82) is 0 Å². The van der Waals surface area contributed by atoms with Gasteiger partial charge in [0.25, 0.3) is 0 Å². The maximum Gasteiger partial charge on any atom is 0.306 e. The molecule has 1 aliphatic rings. The summed E-state index contributed by atoms with van der Waals surface area (Å²) in [4.78, 5) is 12.2. The molecule has 0 radical (unpaired) electrons. The van der Waals surface area contributed by atoms with Crippen LogP contribution < -0.4 is 0 Å². The zero-order chi connectivity index (χ0) is 9.97. The highest BCUT2D eigenvalue weighted by Crippen LogP contribution is 2.37. The summed E-state index contributed by atoms with van der Waals surface area (Å²) in [5, 5.41) is 11.0. The smallest absolute Gasteiger partial charge is 0.306 e. The second-order valence-electron chi connectivity index (χ2n) is 3.90. The molecule has 1 aliphatic carbocycles. The average Bonchev–Trinajstić information content (AvgIpc) is 2.71. The van der Waals surface area contributed by atoms with Crippen molar-refractivity contribution in [1.82, 2.24) is 0 Å². The fourth-order valence-electron chi connectivity index (χ4n) is 2.15. The predicted octanol–water partition coefficient (Wildman–Crippen LogP) is 3.11. The van der Waals surface area contributed by atoms with Crippen molar-refractivity contribution in [2.24, 2.45) is 5.92 Å². The maximum atomic E-state index is 10.8. The van der Waals surface area contributed by atoms with Crippen LogP contribution in [0.4, 0.5) is 0 Å². The summed E-state index contributed by atoms with van der Waals surface area (Å²) in [7, 11) is 0. The Morgan fingerprint density at radius 3 is 2.57 bits per heavy atom. The number of aliphatic carboxylic acids is 1. The number of hydrogen-bond acceptors (Lipinski definition) is 2. The number of thiophene rings is 1. The van der Waals surface area contributed by atoms with E-state index < -0.39 is 5.97 Å². The molecule has 1 aromatic heterocycles. The summed E-state index contributed by atoms with van der Waals surface area (Å²) in [5.74, 6) is -0.0913. The summed E-state index contributed by atoms with van der Waals surface area (Å²) in [5.41, 5.74) is 0. The average molecular weight is 210 g/mol. The van der Waals surface area contributed by atoms with E-state index in [1.807, 2.05) is 0 Å². The lowest BCUT2D eigenvalue weighted by atomic mass is 9.81. The number of carboxylic acids is 1. The lowest BCUT2D eigenvalue weighted by Crippen LogP contribution is -2.20. The Morgan fingerprint density at radius 1 is 1.36 bits per heavy atom. The standard InChI is InChI=1S/C11H14O2S/c12-11(13)9-5-3-8(4-6-9)10-2-1-7-14-10/h1-2,7-9H,3-6H2,(H,12,13). The van der Waals surface area contributed by atoms with Crippen molar-refractivity contribution in [3.63, 3.8) is 0 Å². The van der Waals surface area contributed by atoms with E-state index in [4.69, 9.17) is 5.11 Å². The minimum Gasteiger partial charge on any atom is -0.481 e. The van der Waals surface area contributed by atoms with Crippen LogP contribution in [0.15, 0.2) is 17.5 Å². The van der Waals surface area contributed by atoms with E-state index in [9.17, 15) is 4.79 Å². The topological polar surface area (TPSA) is 37.3 Å². The van der Waals surface area contributed by atoms with Gasteiger partial charge in [-0.3, -0.25) is 4.79 Å². The van der Waals surface area contributed by atoms with Gasteiger partial charge in [-0.25, -0.2) is 0 Å². The molecule has 1 N–H and O–H groups in total. The van der Waals surface area contributed by atoms with Crippen LogP contribution >= 0.6 is 11.3 Å². The van der Waals surface area contributed by atoms with E-state index >= 15 is 0 Å². The molecule has 0 atom stereocenters. The lowest BCUT2D eigenvalue weighted by Gasteiger charge is -2.25. The molecule has 0 amide bonds. The molecular weight excluding hydrogens is 196 g/mol. The van der Waals surface area contributed by atoms with Gasteiger partial charge < -0.3 is 5.11 Å². The van der Waals surface area contributed by atoms with Crippen molar-refractivity contribution in [3.8, 4) is 0 Å². The third-order valence-electron chi connectivity index (χ3n) is 3.02. The molecule has 0 bridgehead atoms. The highest BCUT2D eigenvalue weighted by molar-refractivity contribution is 7.10. The SMILES string of the molecule is O=C(O)C1CCC(c2cccs2)CC1. The highest BCUT2D eigenvalue weighted by Gasteiger charge is 2.26. The van der Waals surface area contributed by atoms with E-state index in [0.717, 1.165) is 25.7 Å². The fourth-order valence-corrected chi connectivity index (χ4v) is 3.05. The van der Waals surface area contributed by atoms with E-state index in [1.165, 1.54) is 4.88 Å². The molecule has 0 unspecified atom stereocenters. The molecule has 76 valence electrons. The molecule has 1 fully saturated rings. The Labute approximate surface area is 87.6 Å². The summed E-state index contributed by atoms with van der Waals surface area (Å²) in [6.07, 6.45) is 3.77. The lowest BCUT2D eigenvalue weighted by molar-refractivity contribution is -0.142. The molecule has 0 spiro atoms. The van der Waals surface area contributed by atoms with Crippen LogP contribution in [0.5, 0.6) is 0 Å². The van der Waals surface area contributed by atoms with Crippen LogP contribution in [0.2, 0.25) is 0 Å². The van der Waals surface area contributed by atoms with Gasteiger partial charge in [-0.15, -0.1) is 11.3 Å². The van der Waals surface area contributed by atoms with Gasteiger partial charge in [-0.1, -0.05) is 6.07 Å². The molecule has 2 rings (SSSR count). The zero-order valence-electron chi connectivity index (χ0n) is 7.98. The van der Waals surface area contributed by atoms with Crippen molar-refractivity contribution in [2.45, 2.75) is 31.6 Å². The molecule has 1 saturated carbocycles. The second-order valence-corrected chi connectivity index (χ2v) is 4.88.